The van der Waals surface area contributed by atoms with Crippen molar-refractivity contribution in [1.82, 2.24) is 14.9 Å². The van der Waals surface area contributed by atoms with Gasteiger partial charge in [-0.05, 0) is 36.8 Å². The average molecular weight is 381 g/mol. The van der Waals surface area contributed by atoms with Gasteiger partial charge in [0, 0.05) is 19.8 Å². The van der Waals surface area contributed by atoms with Gasteiger partial charge < -0.3 is 14.4 Å². The Hall–Kier alpha value is -2.93. The smallest absolute Gasteiger partial charge is 0.265 e. The van der Waals surface area contributed by atoms with E-state index in [-0.39, 0.29) is 5.91 Å². The number of aryl methyl sites for hydroxylation is 1. The van der Waals surface area contributed by atoms with Gasteiger partial charge in [-0.25, -0.2) is 4.98 Å². The highest BCUT2D eigenvalue weighted by atomic mass is 32.1. The van der Waals surface area contributed by atoms with Crippen molar-refractivity contribution in [2.75, 3.05) is 20.3 Å². The van der Waals surface area contributed by atoms with Gasteiger partial charge in [0.25, 0.3) is 5.91 Å². The summed E-state index contributed by atoms with van der Waals surface area (Å²) in [5.74, 6) is 1.42. The SMILES string of the molecule is Cc1nc(-c2ccccn2)sc1C(=O)N(C)Cc1ccc2c(c1)OCCO2. The molecule has 1 aliphatic rings. The zero-order chi connectivity index (χ0) is 18.8. The van der Waals surface area contributed by atoms with Gasteiger partial charge >= 0.3 is 0 Å². The van der Waals surface area contributed by atoms with Crippen molar-refractivity contribution in [2.24, 2.45) is 0 Å². The first-order valence-corrected chi connectivity index (χ1v) is 9.46. The summed E-state index contributed by atoms with van der Waals surface area (Å²) < 4.78 is 11.2. The largest absolute Gasteiger partial charge is 0.486 e. The molecule has 138 valence electrons. The van der Waals surface area contributed by atoms with Crippen molar-refractivity contribution < 1.29 is 14.3 Å². The summed E-state index contributed by atoms with van der Waals surface area (Å²) in [4.78, 5) is 24.1. The Bertz CT molecular complexity index is 972. The lowest BCUT2D eigenvalue weighted by atomic mass is 10.2. The fraction of sp³-hybridized carbons (Fsp3) is 0.250. The average Bonchev–Trinajstić information content (AvgIpc) is 3.09. The number of ether oxygens (including phenoxy) is 2. The van der Waals surface area contributed by atoms with Crippen LogP contribution in [0.15, 0.2) is 42.6 Å². The first-order chi connectivity index (χ1) is 13.1. The number of thiazole rings is 1. The van der Waals surface area contributed by atoms with Crippen LogP contribution in [-0.2, 0) is 6.54 Å². The van der Waals surface area contributed by atoms with Gasteiger partial charge in [-0.1, -0.05) is 12.1 Å². The third-order valence-electron chi connectivity index (χ3n) is 4.25. The maximum atomic E-state index is 12.9. The zero-order valence-electron chi connectivity index (χ0n) is 15.1. The Morgan fingerprint density at radius 2 is 2.00 bits per heavy atom. The summed E-state index contributed by atoms with van der Waals surface area (Å²) in [5, 5.41) is 0.754. The highest BCUT2D eigenvalue weighted by molar-refractivity contribution is 7.17. The van der Waals surface area contributed by atoms with Crippen LogP contribution in [0.5, 0.6) is 11.5 Å². The number of carbonyl (C=O) groups excluding carboxylic acids is 1. The molecule has 0 bridgehead atoms. The van der Waals surface area contributed by atoms with E-state index in [9.17, 15) is 4.79 Å². The lowest BCUT2D eigenvalue weighted by molar-refractivity contribution is 0.0788. The quantitative estimate of drug-likeness (QED) is 0.691. The van der Waals surface area contributed by atoms with E-state index in [2.05, 4.69) is 9.97 Å². The molecule has 0 atom stereocenters. The highest BCUT2D eigenvalue weighted by Crippen LogP contribution is 2.32. The Kier molecular flexibility index (Phi) is 4.77. The van der Waals surface area contributed by atoms with Crippen molar-refractivity contribution in [3.05, 3.63) is 58.7 Å². The summed E-state index contributed by atoms with van der Waals surface area (Å²) in [7, 11) is 1.79. The molecule has 27 heavy (non-hydrogen) atoms. The summed E-state index contributed by atoms with van der Waals surface area (Å²) in [6.45, 7) is 3.44. The molecule has 1 amide bonds. The molecule has 1 aliphatic heterocycles. The predicted molar refractivity (Wildman–Crippen MR) is 103 cm³/mol. The number of pyridine rings is 1. The number of hydrogen-bond donors (Lipinski definition) is 0. The van der Waals surface area contributed by atoms with Gasteiger partial charge in [-0.15, -0.1) is 11.3 Å². The first kappa shape index (κ1) is 17.5. The molecule has 2 aromatic heterocycles. The van der Waals surface area contributed by atoms with Crippen LogP contribution >= 0.6 is 11.3 Å². The second-order valence-corrected chi connectivity index (χ2v) is 7.29. The van der Waals surface area contributed by atoms with Crippen LogP contribution in [0, 0.1) is 6.92 Å². The van der Waals surface area contributed by atoms with Crippen molar-refractivity contribution in [3.63, 3.8) is 0 Å². The molecule has 0 aliphatic carbocycles. The van der Waals surface area contributed by atoms with Crippen LogP contribution in [-0.4, -0.2) is 41.0 Å². The van der Waals surface area contributed by atoms with Gasteiger partial charge in [-0.2, -0.15) is 0 Å². The number of fused-ring (bicyclic) bond motifs is 1. The van der Waals surface area contributed by atoms with Gasteiger partial charge in [0.15, 0.2) is 11.5 Å². The molecule has 7 heteroatoms. The number of hydrogen-bond acceptors (Lipinski definition) is 6. The van der Waals surface area contributed by atoms with E-state index < -0.39 is 0 Å². The molecule has 1 aromatic carbocycles. The topological polar surface area (TPSA) is 64.6 Å². The van der Waals surface area contributed by atoms with Crippen LogP contribution < -0.4 is 9.47 Å². The van der Waals surface area contributed by atoms with E-state index in [4.69, 9.17) is 9.47 Å². The molecule has 6 nitrogen and oxygen atoms in total. The van der Waals surface area contributed by atoms with Crippen LogP contribution in [0.3, 0.4) is 0 Å². The molecule has 4 rings (SSSR count). The molecule has 3 aromatic rings. The normalized spacial score (nSPS) is 12.7. The number of rotatable bonds is 4. The maximum Gasteiger partial charge on any atom is 0.265 e. The molecule has 3 heterocycles. The summed E-state index contributed by atoms with van der Waals surface area (Å²) in [6, 6.07) is 11.4. The molecule has 0 fully saturated rings. The Labute approximate surface area is 161 Å². The highest BCUT2D eigenvalue weighted by Gasteiger charge is 2.21. The molecular formula is C20H19N3O3S. The third kappa shape index (κ3) is 3.64. The lowest BCUT2D eigenvalue weighted by Crippen LogP contribution is -2.26. The van der Waals surface area contributed by atoms with E-state index >= 15 is 0 Å². The minimum atomic E-state index is -0.0536. The maximum absolute atomic E-state index is 12.9. The molecule has 0 saturated heterocycles. The predicted octanol–water partition coefficient (Wildman–Crippen LogP) is 3.56. The molecule has 0 N–H and O–H groups in total. The molecule has 0 radical (unpaired) electrons. The Morgan fingerprint density at radius 3 is 2.78 bits per heavy atom. The standard InChI is InChI=1S/C20H19N3O3S/c1-13-18(27-19(22-13)15-5-3-4-8-21-15)20(24)23(2)12-14-6-7-16-17(11-14)26-10-9-25-16/h3-8,11H,9-10,12H2,1-2H3. The molecule has 0 saturated carbocycles. The minimum Gasteiger partial charge on any atom is -0.486 e. The lowest BCUT2D eigenvalue weighted by Gasteiger charge is -2.21. The number of benzene rings is 1. The summed E-state index contributed by atoms with van der Waals surface area (Å²) in [5.41, 5.74) is 2.49. The second-order valence-electron chi connectivity index (χ2n) is 6.29. The summed E-state index contributed by atoms with van der Waals surface area (Å²) >= 11 is 1.37. The third-order valence-corrected chi connectivity index (χ3v) is 5.42. The summed E-state index contributed by atoms with van der Waals surface area (Å²) in [6.07, 6.45) is 1.72. The first-order valence-electron chi connectivity index (χ1n) is 8.64. The second kappa shape index (κ2) is 7.36. The Morgan fingerprint density at radius 1 is 1.19 bits per heavy atom. The van der Waals surface area contributed by atoms with Crippen molar-refractivity contribution in [3.8, 4) is 22.2 Å². The van der Waals surface area contributed by atoms with Gasteiger partial charge in [-0.3, -0.25) is 9.78 Å². The van der Waals surface area contributed by atoms with E-state index in [1.165, 1.54) is 11.3 Å². The van der Waals surface area contributed by atoms with Crippen LogP contribution in [0.1, 0.15) is 20.9 Å². The van der Waals surface area contributed by atoms with E-state index in [0.29, 0.717) is 24.6 Å². The molecular weight excluding hydrogens is 362 g/mol. The fourth-order valence-electron chi connectivity index (χ4n) is 2.90. The van der Waals surface area contributed by atoms with Gasteiger partial charge in [0.2, 0.25) is 0 Å². The number of aromatic nitrogens is 2. The van der Waals surface area contributed by atoms with Crippen LogP contribution in [0.25, 0.3) is 10.7 Å². The van der Waals surface area contributed by atoms with E-state index in [1.807, 2.05) is 43.3 Å². The van der Waals surface area contributed by atoms with E-state index in [0.717, 1.165) is 33.5 Å². The number of nitrogens with zero attached hydrogens (tertiary/aromatic N) is 3. The molecule has 0 spiro atoms. The van der Waals surface area contributed by atoms with Gasteiger partial charge in [0.1, 0.15) is 23.1 Å². The number of carbonyl (C=O) groups is 1. The minimum absolute atomic E-state index is 0.0536. The Balaban J connectivity index is 1.52. The van der Waals surface area contributed by atoms with Gasteiger partial charge in [0.05, 0.1) is 11.4 Å². The monoisotopic (exact) mass is 381 g/mol. The van der Waals surface area contributed by atoms with Crippen molar-refractivity contribution >= 4 is 17.2 Å². The van der Waals surface area contributed by atoms with E-state index in [1.54, 1.807) is 18.1 Å². The van der Waals surface area contributed by atoms with Crippen LogP contribution in [0.2, 0.25) is 0 Å². The van der Waals surface area contributed by atoms with Crippen molar-refractivity contribution in [1.29, 1.82) is 0 Å². The van der Waals surface area contributed by atoms with Crippen molar-refractivity contribution in [2.45, 2.75) is 13.5 Å². The molecule has 0 unspecified atom stereocenters. The number of amides is 1. The van der Waals surface area contributed by atoms with Crippen LogP contribution in [0.4, 0.5) is 0 Å². The zero-order valence-corrected chi connectivity index (χ0v) is 16.0. The fourth-order valence-corrected chi connectivity index (χ4v) is 3.94.